The lowest BCUT2D eigenvalue weighted by Gasteiger charge is -2.34. The fraction of sp³-hybridized carbons (Fsp3) is 0.938. The largest absolute Gasteiger partial charge is 0.298 e. The first kappa shape index (κ1) is 14.0. The second kappa shape index (κ2) is 6.70. The summed E-state index contributed by atoms with van der Waals surface area (Å²) in [6, 6.07) is 0.665. The van der Waals surface area contributed by atoms with Gasteiger partial charge in [-0.3, -0.25) is 9.69 Å². The Labute approximate surface area is 112 Å². The highest BCUT2D eigenvalue weighted by molar-refractivity contribution is 5.83. The number of ketones is 1. The third kappa shape index (κ3) is 3.57. The van der Waals surface area contributed by atoms with Crippen LogP contribution >= 0.6 is 0 Å². The summed E-state index contributed by atoms with van der Waals surface area (Å²) >= 11 is 0. The summed E-state index contributed by atoms with van der Waals surface area (Å²) in [6.45, 7) is 3.00. The van der Waals surface area contributed by atoms with Crippen LogP contribution in [0.25, 0.3) is 0 Å². The molecule has 0 atom stereocenters. The quantitative estimate of drug-likeness (QED) is 0.743. The van der Waals surface area contributed by atoms with Crippen molar-refractivity contribution < 1.29 is 4.79 Å². The van der Waals surface area contributed by atoms with Gasteiger partial charge in [0.1, 0.15) is 5.78 Å². The number of carbonyl (C=O) groups is 1. The number of rotatable bonds is 5. The lowest BCUT2D eigenvalue weighted by molar-refractivity contribution is -0.124. The second-order valence-electron chi connectivity index (χ2n) is 6.45. The van der Waals surface area contributed by atoms with Crippen LogP contribution in [0.1, 0.15) is 64.7 Å². The fourth-order valence-corrected chi connectivity index (χ4v) is 3.75. The Kier molecular flexibility index (Phi) is 5.23. The van der Waals surface area contributed by atoms with Crippen LogP contribution in [0.15, 0.2) is 0 Å². The summed E-state index contributed by atoms with van der Waals surface area (Å²) < 4.78 is 0. The van der Waals surface area contributed by atoms with Gasteiger partial charge in [0, 0.05) is 12.0 Å². The van der Waals surface area contributed by atoms with E-state index in [1.807, 2.05) is 0 Å². The molecule has 0 amide bonds. The van der Waals surface area contributed by atoms with Crippen LogP contribution in [0.3, 0.4) is 0 Å². The molecule has 104 valence electrons. The molecule has 0 unspecified atom stereocenters. The van der Waals surface area contributed by atoms with Crippen molar-refractivity contribution in [3.63, 3.8) is 0 Å². The van der Waals surface area contributed by atoms with Crippen LogP contribution in [0.2, 0.25) is 0 Å². The molecule has 2 heteroatoms. The van der Waals surface area contributed by atoms with Gasteiger partial charge < -0.3 is 0 Å². The molecule has 0 saturated heterocycles. The van der Waals surface area contributed by atoms with E-state index in [2.05, 4.69) is 18.9 Å². The van der Waals surface area contributed by atoms with E-state index in [4.69, 9.17) is 0 Å². The van der Waals surface area contributed by atoms with Crippen LogP contribution in [0, 0.1) is 11.8 Å². The summed E-state index contributed by atoms with van der Waals surface area (Å²) in [6.07, 6.45) is 11.5. The summed E-state index contributed by atoms with van der Waals surface area (Å²) in [5, 5.41) is 0. The molecule has 0 N–H and O–H groups in total. The molecule has 2 nitrogen and oxygen atoms in total. The molecule has 2 fully saturated rings. The van der Waals surface area contributed by atoms with Gasteiger partial charge in [0.2, 0.25) is 0 Å². The van der Waals surface area contributed by atoms with Crippen molar-refractivity contribution in [3.8, 4) is 0 Å². The molecular formula is C16H29NO. The van der Waals surface area contributed by atoms with Gasteiger partial charge in [0.05, 0.1) is 6.54 Å². The van der Waals surface area contributed by atoms with Gasteiger partial charge in [-0.25, -0.2) is 0 Å². The average Bonchev–Trinajstić information content (AvgIpc) is 2.92. The normalized spacial score (nSPS) is 29.9. The monoisotopic (exact) mass is 251 g/mol. The first-order valence-corrected chi connectivity index (χ1v) is 7.93. The van der Waals surface area contributed by atoms with E-state index in [0.717, 1.165) is 18.8 Å². The van der Waals surface area contributed by atoms with E-state index in [9.17, 15) is 4.79 Å². The molecule has 0 aromatic carbocycles. The molecule has 0 spiro atoms. The van der Waals surface area contributed by atoms with Gasteiger partial charge in [-0.05, 0) is 51.5 Å². The predicted molar refractivity (Wildman–Crippen MR) is 75.6 cm³/mol. The number of nitrogens with zero attached hydrogens (tertiary/aromatic N) is 1. The molecule has 0 aromatic rings. The Hall–Kier alpha value is -0.370. The van der Waals surface area contributed by atoms with Crippen molar-refractivity contribution in [1.29, 1.82) is 0 Å². The first-order chi connectivity index (χ1) is 8.70. The predicted octanol–water partition coefficient (Wildman–Crippen LogP) is 3.65. The Morgan fingerprint density at radius 2 is 1.67 bits per heavy atom. The molecule has 2 aliphatic carbocycles. The smallest absolute Gasteiger partial charge is 0.149 e. The van der Waals surface area contributed by atoms with Gasteiger partial charge >= 0.3 is 0 Å². The van der Waals surface area contributed by atoms with E-state index in [0.29, 0.717) is 24.3 Å². The summed E-state index contributed by atoms with van der Waals surface area (Å²) in [4.78, 5) is 14.5. The SMILES string of the molecule is CCC1CCC(N(C)CC(=O)C2CCCC2)CC1. The standard InChI is InChI=1S/C16H29NO/c1-3-13-8-10-15(11-9-13)17(2)12-16(18)14-6-4-5-7-14/h13-15H,3-12H2,1-2H3. The molecule has 2 rings (SSSR count). The summed E-state index contributed by atoms with van der Waals surface area (Å²) in [5.41, 5.74) is 0. The minimum atomic E-state index is 0.388. The lowest BCUT2D eigenvalue weighted by atomic mass is 9.84. The molecule has 18 heavy (non-hydrogen) atoms. The third-order valence-corrected chi connectivity index (χ3v) is 5.23. The van der Waals surface area contributed by atoms with Crippen molar-refractivity contribution in [2.75, 3.05) is 13.6 Å². The Bertz CT molecular complexity index is 262. The van der Waals surface area contributed by atoms with Crippen molar-refractivity contribution in [2.45, 2.75) is 70.8 Å². The lowest BCUT2D eigenvalue weighted by Crippen LogP contribution is -2.39. The van der Waals surface area contributed by atoms with Crippen LogP contribution in [0.5, 0.6) is 0 Å². The van der Waals surface area contributed by atoms with Crippen molar-refractivity contribution in [2.24, 2.45) is 11.8 Å². The third-order valence-electron chi connectivity index (χ3n) is 5.23. The zero-order valence-corrected chi connectivity index (χ0v) is 12.2. The Morgan fingerprint density at radius 3 is 2.22 bits per heavy atom. The molecular weight excluding hydrogens is 222 g/mol. The Morgan fingerprint density at radius 1 is 1.06 bits per heavy atom. The highest BCUT2D eigenvalue weighted by Crippen LogP contribution is 2.30. The van der Waals surface area contributed by atoms with Crippen molar-refractivity contribution in [1.82, 2.24) is 4.90 Å². The van der Waals surface area contributed by atoms with Gasteiger partial charge in [-0.15, -0.1) is 0 Å². The van der Waals surface area contributed by atoms with Crippen LogP contribution in [-0.2, 0) is 4.79 Å². The number of hydrogen-bond donors (Lipinski definition) is 0. The molecule has 0 heterocycles. The topological polar surface area (TPSA) is 20.3 Å². The maximum Gasteiger partial charge on any atom is 0.149 e. The summed E-state index contributed by atoms with van der Waals surface area (Å²) in [5.74, 6) is 1.84. The fourth-order valence-electron chi connectivity index (χ4n) is 3.75. The minimum Gasteiger partial charge on any atom is -0.298 e. The molecule has 0 bridgehead atoms. The number of likely N-dealkylation sites (N-methyl/N-ethyl adjacent to an activating group) is 1. The maximum absolute atomic E-state index is 12.2. The van der Waals surface area contributed by atoms with Crippen LogP contribution in [-0.4, -0.2) is 30.3 Å². The van der Waals surface area contributed by atoms with Crippen molar-refractivity contribution in [3.05, 3.63) is 0 Å². The minimum absolute atomic E-state index is 0.388. The van der Waals surface area contributed by atoms with Gasteiger partial charge in [-0.2, -0.15) is 0 Å². The van der Waals surface area contributed by atoms with E-state index in [-0.39, 0.29) is 0 Å². The zero-order chi connectivity index (χ0) is 13.0. The molecule has 0 aromatic heterocycles. The molecule has 2 aliphatic rings. The first-order valence-electron chi connectivity index (χ1n) is 7.93. The number of hydrogen-bond acceptors (Lipinski definition) is 2. The van der Waals surface area contributed by atoms with Gasteiger partial charge in [0.15, 0.2) is 0 Å². The van der Waals surface area contributed by atoms with E-state index in [1.165, 1.54) is 44.9 Å². The van der Waals surface area contributed by atoms with E-state index in [1.54, 1.807) is 0 Å². The van der Waals surface area contributed by atoms with Crippen LogP contribution < -0.4 is 0 Å². The zero-order valence-electron chi connectivity index (χ0n) is 12.2. The second-order valence-corrected chi connectivity index (χ2v) is 6.45. The molecule has 0 radical (unpaired) electrons. The van der Waals surface area contributed by atoms with Gasteiger partial charge in [0.25, 0.3) is 0 Å². The van der Waals surface area contributed by atoms with Gasteiger partial charge in [-0.1, -0.05) is 26.2 Å². The highest BCUT2D eigenvalue weighted by atomic mass is 16.1. The average molecular weight is 251 g/mol. The summed E-state index contributed by atoms with van der Waals surface area (Å²) in [7, 11) is 2.16. The van der Waals surface area contributed by atoms with E-state index < -0.39 is 0 Å². The van der Waals surface area contributed by atoms with E-state index >= 15 is 0 Å². The van der Waals surface area contributed by atoms with Crippen LogP contribution in [0.4, 0.5) is 0 Å². The Balaban J connectivity index is 1.74. The highest BCUT2D eigenvalue weighted by Gasteiger charge is 2.27. The molecule has 0 aliphatic heterocycles. The number of Topliss-reactive ketones (excluding diaryl/α,β-unsaturated/α-hetero) is 1. The number of carbonyl (C=O) groups excluding carboxylic acids is 1. The molecule has 2 saturated carbocycles. The maximum atomic E-state index is 12.2. The van der Waals surface area contributed by atoms with Crippen molar-refractivity contribution >= 4 is 5.78 Å².